The van der Waals surface area contributed by atoms with E-state index in [2.05, 4.69) is 15.1 Å². The Labute approximate surface area is 293 Å². The van der Waals surface area contributed by atoms with Gasteiger partial charge in [-0.1, -0.05) is 17.7 Å². The molecule has 0 spiro atoms. The van der Waals surface area contributed by atoms with Gasteiger partial charge in [0, 0.05) is 89.3 Å². The number of amidine groups is 1. The number of piperidine rings is 1. The van der Waals surface area contributed by atoms with Gasteiger partial charge in [0.1, 0.15) is 22.5 Å². The molecule has 1 unspecified atom stereocenters. The first kappa shape index (κ1) is 33.0. The molecule has 4 aliphatic rings. The maximum atomic E-state index is 14.5. The number of halogens is 4. The minimum Gasteiger partial charge on any atom is -0.383 e. The van der Waals surface area contributed by atoms with Crippen LogP contribution in [0.2, 0.25) is 5.02 Å². The van der Waals surface area contributed by atoms with Crippen LogP contribution in [0.15, 0.2) is 64.3 Å². The Bertz CT molecular complexity index is 2040. The smallest absolute Gasteiger partial charge is 0.333 e. The number of hydrogen-bond donors (Lipinski definition) is 1. The van der Waals surface area contributed by atoms with Gasteiger partial charge in [0.05, 0.1) is 5.69 Å². The van der Waals surface area contributed by atoms with Crippen LogP contribution >= 0.6 is 34.3 Å². The van der Waals surface area contributed by atoms with Gasteiger partial charge in [0.2, 0.25) is 0 Å². The number of fused-ring (bicyclic) bond motifs is 3. The van der Waals surface area contributed by atoms with Gasteiger partial charge in [-0.25, -0.2) is 19.0 Å². The lowest BCUT2D eigenvalue weighted by atomic mass is 9.88. The van der Waals surface area contributed by atoms with Crippen LogP contribution in [0.25, 0.3) is 5.57 Å². The Hall–Kier alpha value is -3.19. The monoisotopic (exact) mass is 750 g/mol. The highest BCUT2D eigenvalue weighted by atomic mass is 35.5. The molecule has 4 aromatic rings. The Balaban J connectivity index is 1.19. The van der Waals surface area contributed by atoms with Gasteiger partial charge in [0.25, 0.3) is 10.2 Å². The van der Waals surface area contributed by atoms with Gasteiger partial charge in [-0.2, -0.15) is 30.9 Å². The Morgan fingerprint density at radius 1 is 1.10 bits per heavy atom. The maximum Gasteiger partial charge on any atom is 0.333 e. The van der Waals surface area contributed by atoms with Crippen LogP contribution in [0.3, 0.4) is 0 Å². The topological polar surface area (TPSA) is 120 Å². The number of aliphatic imine (C=N–C) groups is 1. The summed E-state index contributed by atoms with van der Waals surface area (Å²) in [5.41, 5.74) is 0.572. The number of aromatic nitrogens is 4. The summed E-state index contributed by atoms with van der Waals surface area (Å²) in [6.07, 6.45) is 6.42. The van der Waals surface area contributed by atoms with Crippen LogP contribution < -0.4 is 0 Å². The molecular formula is C31H30ClF3N8O3S3. The van der Waals surface area contributed by atoms with E-state index in [4.69, 9.17) is 16.6 Å². The van der Waals surface area contributed by atoms with Crippen molar-refractivity contribution in [2.24, 2.45) is 4.99 Å². The molecular weight excluding hydrogens is 721 g/mol. The van der Waals surface area contributed by atoms with Crippen LogP contribution in [0.4, 0.5) is 13.2 Å². The summed E-state index contributed by atoms with van der Waals surface area (Å²) >= 11 is 9.29. The summed E-state index contributed by atoms with van der Waals surface area (Å²) in [5, 5.41) is 20.6. The van der Waals surface area contributed by atoms with E-state index in [9.17, 15) is 26.7 Å². The summed E-state index contributed by atoms with van der Waals surface area (Å²) in [6, 6.07) is 3.15. The first-order chi connectivity index (χ1) is 23.4. The lowest BCUT2D eigenvalue weighted by molar-refractivity contribution is -0.0354. The van der Waals surface area contributed by atoms with Crippen molar-refractivity contribution in [3.8, 4) is 0 Å². The molecule has 1 N–H and O–H groups in total. The molecule has 7 heterocycles. The number of likely N-dealkylation sites (N-methyl/N-ethyl adjacent to an activating group) is 1. The Morgan fingerprint density at radius 2 is 1.84 bits per heavy atom. The molecule has 18 heteroatoms. The number of rotatable bonds is 8. The number of benzene rings is 1. The van der Waals surface area contributed by atoms with Crippen molar-refractivity contribution in [1.29, 1.82) is 0 Å². The van der Waals surface area contributed by atoms with Gasteiger partial charge in [-0.05, 0) is 43.9 Å². The van der Waals surface area contributed by atoms with Crippen molar-refractivity contribution < 1.29 is 26.7 Å². The van der Waals surface area contributed by atoms with Crippen molar-refractivity contribution in [3.63, 3.8) is 0 Å². The number of alkyl halides is 2. The maximum absolute atomic E-state index is 14.5. The second-order valence-corrected chi connectivity index (χ2v) is 16.8. The number of aliphatic hydroxyl groups is 1. The number of hydrogen-bond acceptors (Lipinski definition) is 10. The normalized spacial score (nSPS) is 27.4. The summed E-state index contributed by atoms with van der Waals surface area (Å²) in [6.45, 7) is -2.68. The van der Waals surface area contributed by atoms with Gasteiger partial charge in [-0.3, -0.25) is 4.99 Å². The molecule has 1 aromatic carbocycles. The molecule has 258 valence electrons. The van der Waals surface area contributed by atoms with Crippen molar-refractivity contribution in [1.82, 2.24) is 33.3 Å². The predicted molar refractivity (Wildman–Crippen MR) is 179 cm³/mol. The van der Waals surface area contributed by atoms with E-state index < -0.39 is 52.3 Å². The third-order valence-corrected chi connectivity index (χ3v) is 14.1. The fourth-order valence-electron chi connectivity index (χ4n) is 7.70. The molecule has 0 saturated carbocycles. The lowest BCUT2D eigenvalue weighted by Crippen LogP contribution is -2.57. The molecule has 8 rings (SSSR count). The fourth-order valence-corrected chi connectivity index (χ4v) is 11.3. The highest BCUT2D eigenvalue weighted by Gasteiger charge is 2.55. The van der Waals surface area contributed by atoms with Gasteiger partial charge in [0.15, 0.2) is 10.8 Å². The molecule has 2 bridgehead atoms. The largest absolute Gasteiger partial charge is 0.383 e. The highest BCUT2D eigenvalue weighted by molar-refractivity contribution is 7.86. The van der Waals surface area contributed by atoms with E-state index in [-0.39, 0.29) is 36.5 Å². The minimum absolute atomic E-state index is 0.0969. The van der Waals surface area contributed by atoms with Gasteiger partial charge in [-0.15, -0.1) is 22.7 Å². The molecule has 4 aliphatic heterocycles. The van der Waals surface area contributed by atoms with Crippen molar-refractivity contribution >= 4 is 55.9 Å². The van der Waals surface area contributed by atoms with Gasteiger partial charge < -0.3 is 10.0 Å². The average molecular weight is 751 g/mol. The molecule has 11 nitrogen and oxygen atoms in total. The standard InChI is InChI=1S/C31H30ClF3N8O3S3/c1-40(49(45,46)43-18-3-4-19(43)15-31(44,14-18)29-37-8-11-48-29)20-13-24-25(23-6-9-42(39-23)30(34)35)26(21-5-2-17(33)12-22(21)32)38-27(41(24)16-20)28-36-7-10-47-28/h2,5-12,18-20,26,30,44H,3-4,13-16H2,1H3/t18-,19?,20-,26-,31-/m0/s1. The van der Waals surface area contributed by atoms with E-state index in [1.54, 1.807) is 34.5 Å². The summed E-state index contributed by atoms with van der Waals surface area (Å²) in [7, 11) is -2.47. The molecule has 0 amide bonds. The SMILES string of the molecule is CN([C@H]1CC2=C(c3ccn(C(F)F)n3)[C@H](c3ccc(F)cc3Cl)N=C(c3nccs3)N2C1)S(=O)(=O)N1C2CC[C@H]1C[C@@](O)(c1nccs1)C2. The van der Waals surface area contributed by atoms with Crippen molar-refractivity contribution in [3.05, 3.63) is 91.4 Å². The Morgan fingerprint density at radius 3 is 2.47 bits per heavy atom. The first-order valence-corrected chi connectivity index (χ1v) is 19.1. The van der Waals surface area contributed by atoms with Crippen LogP contribution in [0.1, 0.15) is 66.0 Å². The van der Waals surface area contributed by atoms with Crippen molar-refractivity contribution in [2.75, 3.05) is 13.6 Å². The van der Waals surface area contributed by atoms with Crippen molar-refractivity contribution in [2.45, 2.75) is 68.4 Å². The summed E-state index contributed by atoms with van der Waals surface area (Å²) in [5.74, 6) is -0.0803. The fraction of sp³-hybridized carbons (Fsp3) is 0.419. The van der Waals surface area contributed by atoms with Crippen LogP contribution in [0, 0.1) is 5.82 Å². The van der Waals surface area contributed by atoms with E-state index in [1.165, 1.54) is 57.4 Å². The molecule has 0 radical (unpaired) electrons. The zero-order valence-electron chi connectivity index (χ0n) is 25.9. The van der Waals surface area contributed by atoms with E-state index in [1.807, 2.05) is 4.90 Å². The van der Waals surface area contributed by atoms with E-state index in [0.29, 0.717) is 50.2 Å². The quantitative estimate of drug-likeness (QED) is 0.247. The predicted octanol–water partition coefficient (Wildman–Crippen LogP) is 5.66. The second kappa shape index (κ2) is 12.2. The zero-order valence-corrected chi connectivity index (χ0v) is 29.1. The lowest BCUT2D eigenvalue weighted by Gasteiger charge is -2.43. The second-order valence-electron chi connectivity index (χ2n) is 12.7. The molecule has 3 fully saturated rings. The van der Waals surface area contributed by atoms with Crippen LogP contribution in [-0.2, 0) is 15.8 Å². The molecule has 3 aromatic heterocycles. The Kier molecular flexibility index (Phi) is 8.24. The number of thiazole rings is 2. The first-order valence-electron chi connectivity index (χ1n) is 15.6. The summed E-state index contributed by atoms with van der Waals surface area (Å²) < 4.78 is 74.1. The molecule has 5 atom stereocenters. The highest BCUT2D eigenvalue weighted by Crippen LogP contribution is 2.50. The average Bonchev–Trinajstić information content (AvgIpc) is 3.90. The third-order valence-electron chi connectivity index (χ3n) is 9.88. The molecule has 49 heavy (non-hydrogen) atoms. The third kappa shape index (κ3) is 5.53. The minimum atomic E-state index is -4.03. The van der Waals surface area contributed by atoms with E-state index in [0.717, 1.165) is 0 Å². The zero-order chi connectivity index (χ0) is 34.2. The summed E-state index contributed by atoms with van der Waals surface area (Å²) in [4.78, 5) is 15.7. The molecule has 0 aliphatic carbocycles. The van der Waals surface area contributed by atoms with Crippen LogP contribution in [-0.4, -0.2) is 84.3 Å². The van der Waals surface area contributed by atoms with Gasteiger partial charge >= 0.3 is 6.55 Å². The molecule has 3 saturated heterocycles. The van der Waals surface area contributed by atoms with Crippen LogP contribution in [0.5, 0.6) is 0 Å². The number of nitrogens with zero attached hydrogens (tertiary/aromatic N) is 8. The van der Waals surface area contributed by atoms with E-state index >= 15 is 0 Å².